The Morgan fingerprint density at radius 1 is 1.45 bits per heavy atom. The molecule has 0 saturated carbocycles. The van der Waals surface area contributed by atoms with Crippen LogP contribution in [-0.2, 0) is 0 Å². The molecule has 0 spiro atoms. The van der Waals surface area contributed by atoms with Crippen LogP contribution in [0.5, 0.6) is 5.75 Å². The lowest BCUT2D eigenvalue weighted by atomic mass is 10.0. The van der Waals surface area contributed by atoms with E-state index in [9.17, 15) is 9.18 Å². The largest absolute Gasteiger partial charge is 0.496 e. The van der Waals surface area contributed by atoms with E-state index in [0.29, 0.717) is 18.3 Å². The van der Waals surface area contributed by atoms with Crippen molar-refractivity contribution in [2.24, 2.45) is 5.92 Å². The number of benzene rings is 1. The summed E-state index contributed by atoms with van der Waals surface area (Å²) < 4.78 is 18.8. The fourth-order valence-electron chi connectivity index (χ4n) is 2.13. The molecule has 1 amide bonds. The molecule has 0 radical (unpaired) electrons. The summed E-state index contributed by atoms with van der Waals surface area (Å²) in [5, 5.41) is 2.77. The van der Waals surface area contributed by atoms with Gasteiger partial charge in [0.2, 0.25) is 0 Å². The highest BCUT2D eigenvalue weighted by Gasteiger charge is 2.18. The van der Waals surface area contributed by atoms with E-state index in [1.54, 1.807) is 6.07 Å². The average Bonchev–Trinajstić information content (AvgIpc) is 2.44. The number of rotatable bonds is 8. The molecule has 0 fully saturated rings. The molecule has 0 aliphatic carbocycles. The zero-order chi connectivity index (χ0) is 15.0. The summed E-state index contributed by atoms with van der Waals surface area (Å²) in [5.74, 6) is 0.0942. The Labute approximate surface area is 124 Å². The molecular formula is C15H21ClFNO2. The molecule has 0 bridgehead atoms. The molecule has 1 rings (SSSR count). The van der Waals surface area contributed by atoms with Gasteiger partial charge in [0.1, 0.15) is 17.1 Å². The van der Waals surface area contributed by atoms with Gasteiger partial charge in [-0.05, 0) is 30.9 Å². The van der Waals surface area contributed by atoms with Gasteiger partial charge < -0.3 is 10.1 Å². The zero-order valence-electron chi connectivity index (χ0n) is 11.9. The van der Waals surface area contributed by atoms with Crippen molar-refractivity contribution in [3.8, 4) is 5.75 Å². The summed E-state index contributed by atoms with van der Waals surface area (Å²) in [6, 6.07) is 4.33. The van der Waals surface area contributed by atoms with Crippen LogP contribution in [0, 0.1) is 11.7 Å². The van der Waals surface area contributed by atoms with Crippen LogP contribution in [0.2, 0.25) is 0 Å². The molecule has 1 unspecified atom stereocenters. The topological polar surface area (TPSA) is 38.3 Å². The van der Waals surface area contributed by atoms with Gasteiger partial charge in [0.25, 0.3) is 5.91 Å². The summed E-state index contributed by atoms with van der Waals surface area (Å²) in [7, 11) is 1.42. The lowest BCUT2D eigenvalue weighted by Crippen LogP contribution is -2.30. The number of alkyl halides is 1. The molecule has 0 aliphatic rings. The molecule has 5 heteroatoms. The first-order chi connectivity index (χ1) is 9.63. The molecule has 0 aromatic heterocycles. The highest BCUT2D eigenvalue weighted by molar-refractivity contribution is 6.17. The summed E-state index contributed by atoms with van der Waals surface area (Å²) in [4.78, 5) is 12.1. The van der Waals surface area contributed by atoms with E-state index in [1.165, 1.54) is 19.2 Å². The number of carbonyl (C=O) groups is 1. The second kappa shape index (κ2) is 8.80. The van der Waals surface area contributed by atoms with Crippen molar-refractivity contribution in [1.82, 2.24) is 5.32 Å². The predicted molar refractivity (Wildman–Crippen MR) is 79.0 cm³/mol. The normalized spacial score (nSPS) is 12.0. The first kappa shape index (κ1) is 16.8. The van der Waals surface area contributed by atoms with Gasteiger partial charge in [-0.25, -0.2) is 4.39 Å². The third-order valence-electron chi connectivity index (χ3n) is 3.19. The van der Waals surface area contributed by atoms with Crippen LogP contribution < -0.4 is 10.1 Å². The third-order valence-corrected chi connectivity index (χ3v) is 3.41. The standard InChI is InChI=1S/C15H21ClFNO2/c1-3-5-11(8-9-16)10-18-15(19)14-12(17)6-4-7-13(14)20-2/h4,6-7,11H,3,5,8-10H2,1-2H3,(H,18,19). The smallest absolute Gasteiger partial charge is 0.258 e. The molecule has 1 aromatic carbocycles. The number of hydrogen-bond acceptors (Lipinski definition) is 2. The van der Waals surface area contributed by atoms with Crippen molar-refractivity contribution in [3.05, 3.63) is 29.6 Å². The summed E-state index contributed by atoms with van der Waals surface area (Å²) in [6.07, 6.45) is 2.85. The Balaban J connectivity index is 2.71. The Hall–Kier alpha value is -1.29. The van der Waals surface area contributed by atoms with Gasteiger partial charge >= 0.3 is 0 Å². The summed E-state index contributed by atoms with van der Waals surface area (Å²) >= 11 is 5.74. The van der Waals surface area contributed by atoms with Crippen molar-refractivity contribution in [3.63, 3.8) is 0 Å². The monoisotopic (exact) mass is 301 g/mol. The van der Waals surface area contributed by atoms with Crippen LogP contribution >= 0.6 is 11.6 Å². The number of nitrogens with one attached hydrogen (secondary N) is 1. The van der Waals surface area contributed by atoms with E-state index in [0.717, 1.165) is 19.3 Å². The van der Waals surface area contributed by atoms with Gasteiger partial charge in [0.05, 0.1) is 7.11 Å². The lowest BCUT2D eigenvalue weighted by Gasteiger charge is -2.16. The van der Waals surface area contributed by atoms with Crippen LogP contribution in [-0.4, -0.2) is 25.4 Å². The van der Waals surface area contributed by atoms with E-state index in [4.69, 9.17) is 16.3 Å². The highest BCUT2D eigenvalue weighted by Crippen LogP contribution is 2.21. The van der Waals surface area contributed by atoms with Crippen LogP contribution in [0.3, 0.4) is 0 Å². The SMILES string of the molecule is CCCC(CCCl)CNC(=O)c1c(F)cccc1OC. The van der Waals surface area contributed by atoms with Crippen molar-refractivity contribution in [2.45, 2.75) is 26.2 Å². The summed E-state index contributed by atoms with van der Waals surface area (Å²) in [5.41, 5.74) is -0.0453. The number of halogens is 2. The predicted octanol–water partition coefficient (Wildman–Crippen LogP) is 3.61. The third kappa shape index (κ3) is 4.67. The van der Waals surface area contributed by atoms with E-state index in [2.05, 4.69) is 12.2 Å². The maximum Gasteiger partial charge on any atom is 0.258 e. The van der Waals surface area contributed by atoms with Crippen molar-refractivity contribution >= 4 is 17.5 Å². The molecule has 0 aliphatic heterocycles. The first-order valence-corrected chi connectivity index (χ1v) is 7.34. The maximum absolute atomic E-state index is 13.7. The van der Waals surface area contributed by atoms with Crippen LogP contribution in [0.4, 0.5) is 4.39 Å². The maximum atomic E-state index is 13.7. The van der Waals surface area contributed by atoms with Crippen molar-refractivity contribution in [1.29, 1.82) is 0 Å². The van der Waals surface area contributed by atoms with Crippen LogP contribution in [0.15, 0.2) is 18.2 Å². The lowest BCUT2D eigenvalue weighted by molar-refractivity contribution is 0.0938. The molecule has 0 saturated heterocycles. The molecule has 20 heavy (non-hydrogen) atoms. The molecule has 1 atom stereocenters. The van der Waals surface area contributed by atoms with E-state index < -0.39 is 11.7 Å². The summed E-state index contributed by atoms with van der Waals surface area (Å²) in [6.45, 7) is 2.58. The Bertz CT molecular complexity index is 434. The molecule has 1 aromatic rings. The van der Waals surface area contributed by atoms with Crippen LogP contribution in [0.25, 0.3) is 0 Å². The van der Waals surface area contributed by atoms with Gasteiger partial charge in [-0.1, -0.05) is 19.4 Å². The molecular weight excluding hydrogens is 281 g/mol. The Kier molecular flexibility index (Phi) is 7.37. The number of carbonyl (C=O) groups excluding carboxylic acids is 1. The fourth-order valence-corrected chi connectivity index (χ4v) is 2.44. The number of amides is 1. The molecule has 112 valence electrons. The average molecular weight is 302 g/mol. The number of hydrogen-bond donors (Lipinski definition) is 1. The van der Waals surface area contributed by atoms with Crippen LogP contribution in [0.1, 0.15) is 36.5 Å². The van der Waals surface area contributed by atoms with Crippen molar-refractivity contribution in [2.75, 3.05) is 19.5 Å². The number of ether oxygens (including phenoxy) is 1. The molecule has 3 nitrogen and oxygen atoms in total. The minimum absolute atomic E-state index is 0.0453. The second-order valence-electron chi connectivity index (χ2n) is 4.66. The van der Waals surface area contributed by atoms with Gasteiger partial charge in [-0.2, -0.15) is 0 Å². The number of methoxy groups -OCH3 is 1. The second-order valence-corrected chi connectivity index (χ2v) is 5.04. The van der Waals surface area contributed by atoms with E-state index in [1.807, 2.05) is 0 Å². The van der Waals surface area contributed by atoms with Gasteiger partial charge in [-0.15, -0.1) is 11.6 Å². The van der Waals surface area contributed by atoms with Gasteiger partial charge in [0.15, 0.2) is 0 Å². The first-order valence-electron chi connectivity index (χ1n) is 6.80. The van der Waals surface area contributed by atoms with E-state index >= 15 is 0 Å². The van der Waals surface area contributed by atoms with Gasteiger partial charge in [0, 0.05) is 12.4 Å². The molecule has 0 heterocycles. The minimum atomic E-state index is -0.578. The van der Waals surface area contributed by atoms with Gasteiger partial charge in [-0.3, -0.25) is 4.79 Å². The van der Waals surface area contributed by atoms with Crippen molar-refractivity contribution < 1.29 is 13.9 Å². The fraction of sp³-hybridized carbons (Fsp3) is 0.533. The molecule has 1 N–H and O–H groups in total. The Morgan fingerprint density at radius 3 is 2.80 bits per heavy atom. The van der Waals surface area contributed by atoms with E-state index in [-0.39, 0.29) is 11.3 Å². The highest BCUT2D eigenvalue weighted by atomic mass is 35.5. The zero-order valence-corrected chi connectivity index (χ0v) is 12.7. The Morgan fingerprint density at radius 2 is 2.20 bits per heavy atom. The minimum Gasteiger partial charge on any atom is -0.496 e. The quantitative estimate of drug-likeness (QED) is 0.745.